The summed E-state index contributed by atoms with van der Waals surface area (Å²) < 4.78 is 13.6. The summed E-state index contributed by atoms with van der Waals surface area (Å²) in [6, 6.07) is 8.16. The molecule has 1 aromatic carbocycles. The fraction of sp³-hybridized carbons (Fsp3) is 0.267. The number of carbonyl (C=O) groups excluding carboxylic acids is 1. The van der Waals surface area contributed by atoms with Crippen molar-refractivity contribution in [3.63, 3.8) is 0 Å². The molecule has 0 saturated heterocycles. The van der Waals surface area contributed by atoms with Gasteiger partial charge in [0.25, 0.3) is 5.91 Å². The van der Waals surface area contributed by atoms with Crippen LogP contribution >= 0.6 is 22.9 Å². The Morgan fingerprint density at radius 3 is 2.90 bits per heavy atom. The lowest BCUT2D eigenvalue weighted by Gasteiger charge is -2.16. The first-order valence-electron chi connectivity index (χ1n) is 6.69. The van der Waals surface area contributed by atoms with E-state index in [-0.39, 0.29) is 11.6 Å². The molecule has 21 heavy (non-hydrogen) atoms. The quantitative estimate of drug-likeness (QED) is 0.840. The zero-order valence-corrected chi connectivity index (χ0v) is 13.2. The van der Waals surface area contributed by atoms with Crippen LogP contribution < -0.4 is 10.2 Å². The highest BCUT2D eigenvalue weighted by Gasteiger charge is 2.15. The van der Waals surface area contributed by atoms with Crippen LogP contribution in [0.4, 0.5) is 10.1 Å². The molecule has 1 amide bonds. The first-order valence-corrected chi connectivity index (χ1v) is 7.95. The predicted octanol–water partition coefficient (Wildman–Crippen LogP) is 2.58. The molecule has 0 aliphatic heterocycles. The van der Waals surface area contributed by atoms with Gasteiger partial charge in [-0.05, 0) is 36.6 Å². The Morgan fingerprint density at radius 2 is 2.24 bits per heavy atom. The third-order valence-electron chi connectivity index (χ3n) is 3.12. The lowest BCUT2D eigenvalue weighted by atomic mass is 10.3. The molecule has 0 aliphatic rings. The molecule has 1 heterocycles. The Labute approximate surface area is 132 Å². The monoisotopic (exact) mass is 327 g/mol. The summed E-state index contributed by atoms with van der Waals surface area (Å²) in [5.74, 6) is -0.700. The van der Waals surface area contributed by atoms with Gasteiger partial charge in [-0.25, -0.2) is 4.39 Å². The second-order valence-electron chi connectivity index (χ2n) is 4.71. The van der Waals surface area contributed by atoms with E-state index >= 15 is 0 Å². The molecular formula is C15H17ClFN2OS+. The van der Waals surface area contributed by atoms with Crippen LogP contribution in [-0.4, -0.2) is 19.0 Å². The Morgan fingerprint density at radius 1 is 1.43 bits per heavy atom. The van der Waals surface area contributed by atoms with E-state index in [0.29, 0.717) is 11.6 Å². The lowest BCUT2D eigenvalue weighted by molar-refractivity contribution is -0.903. The SMILES string of the molecule is CC[NH+](CC(=O)Nc1cc(Cl)ccc1F)Cc1cccs1. The van der Waals surface area contributed by atoms with Crippen molar-refractivity contribution in [2.45, 2.75) is 13.5 Å². The Hall–Kier alpha value is -1.43. The Kier molecular flexibility index (Phi) is 5.73. The van der Waals surface area contributed by atoms with Gasteiger partial charge in [0.05, 0.1) is 17.1 Å². The minimum Gasteiger partial charge on any atom is -0.323 e. The fourth-order valence-corrected chi connectivity index (χ4v) is 2.94. The van der Waals surface area contributed by atoms with E-state index in [2.05, 4.69) is 11.4 Å². The average Bonchev–Trinajstić information content (AvgIpc) is 2.95. The van der Waals surface area contributed by atoms with Crippen LogP contribution in [0.3, 0.4) is 0 Å². The van der Waals surface area contributed by atoms with Crippen molar-refractivity contribution in [3.8, 4) is 0 Å². The molecule has 1 unspecified atom stereocenters. The van der Waals surface area contributed by atoms with Gasteiger partial charge in [0.1, 0.15) is 12.4 Å². The van der Waals surface area contributed by atoms with Gasteiger partial charge in [-0.2, -0.15) is 0 Å². The summed E-state index contributed by atoms with van der Waals surface area (Å²) in [5, 5.41) is 4.99. The Balaban J connectivity index is 1.95. The van der Waals surface area contributed by atoms with Crippen molar-refractivity contribution in [1.29, 1.82) is 0 Å². The van der Waals surface area contributed by atoms with Gasteiger partial charge in [-0.1, -0.05) is 17.7 Å². The number of halogens is 2. The predicted molar refractivity (Wildman–Crippen MR) is 84.4 cm³/mol. The second kappa shape index (κ2) is 7.54. The number of nitrogens with one attached hydrogen (secondary N) is 2. The third kappa shape index (κ3) is 4.81. The van der Waals surface area contributed by atoms with Gasteiger partial charge in [0.15, 0.2) is 6.54 Å². The molecule has 2 N–H and O–H groups in total. The molecule has 3 nitrogen and oxygen atoms in total. The fourth-order valence-electron chi connectivity index (χ4n) is 1.99. The highest BCUT2D eigenvalue weighted by atomic mass is 35.5. The van der Waals surface area contributed by atoms with Gasteiger partial charge in [-0.3, -0.25) is 4.79 Å². The van der Waals surface area contributed by atoms with Crippen molar-refractivity contribution >= 4 is 34.5 Å². The number of benzene rings is 1. The number of thiophene rings is 1. The number of carbonyl (C=O) groups is 1. The van der Waals surface area contributed by atoms with Crippen LogP contribution in [-0.2, 0) is 11.3 Å². The van der Waals surface area contributed by atoms with Crippen molar-refractivity contribution in [2.75, 3.05) is 18.4 Å². The third-order valence-corrected chi connectivity index (χ3v) is 4.23. The van der Waals surface area contributed by atoms with Crippen LogP contribution in [0, 0.1) is 5.82 Å². The maximum atomic E-state index is 13.6. The van der Waals surface area contributed by atoms with Crippen molar-refractivity contribution < 1.29 is 14.1 Å². The van der Waals surface area contributed by atoms with Gasteiger partial charge >= 0.3 is 0 Å². The maximum absolute atomic E-state index is 13.6. The molecule has 1 aromatic heterocycles. The largest absolute Gasteiger partial charge is 0.323 e. The number of rotatable bonds is 6. The topological polar surface area (TPSA) is 33.5 Å². The van der Waals surface area contributed by atoms with Crippen LogP contribution in [0.1, 0.15) is 11.8 Å². The zero-order chi connectivity index (χ0) is 15.2. The summed E-state index contributed by atoms with van der Waals surface area (Å²) >= 11 is 7.48. The van der Waals surface area contributed by atoms with E-state index < -0.39 is 5.82 Å². The second-order valence-corrected chi connectivity index (χ2v) is 6.18. The summed E-state index contributed by atoms with van der Waals surface area (Å²) in [6.07, 6.45) is 0. The van der Waals surface area contributed by atoms with E-state index in [4.69, 9.17) is 11.6 Å². The van der Waals surface area contributed by atoms with E-state index in [0.717, 1.165) is 18.0 Å². The van der Waals surface area contributed by atoms with Crippen molar-refractivity contribution in [3.05, 3.63) is 51.4 Å². The minimum atomic E-state index is -0.482. The van der Waals surface area contributed by atoms with E-state index in [1.807, 2.05) is 18.4 Å². The molecule has 1 atom stereocenters. The summed E-state index contributed by atoms with van der Waals surface area (Å²) in [4.78, 5) is 14.4. The summed E-state index contributed by atoms with van der Waals surface area (Å²) in [7, 11) is 0. The number of amides is 1. The lowest BCUT2D eigenvalue weighted by Crippen LogP contribution is -3.11. The van der Waals surface area contributed by atoms with Gasteiger partial charge in [-0.15, -0.1) is 11.3 Å². The standard InChI is InChI=1S/C15H16ClFN2OS/c1-2-19(9-12-4-3-7-21-12)10-15(20)18-14-8-11(16)5-6-13(14)17/h3-8H,2,9-10H2,1H3,(H,18,20)/p+1. The first-order chi connectivity index (χ1) is 10.1. The maximum Gasteiger partial charge on any atom is 0.279 e. The molecule has 6 heteroatoms. The number of hydrogen-bond acceptors (Lipinski definition) is 2. The molecule has 0 fully saturated rings. The molecule has 0 saturated carbocycles. The molecule has 0 spiro atoms. The number of anilines is 1. The van der Waals surface area contributed by atoms with Gasteiger partial charge < -0.3 is 10.2 Å². The van der Waals surface area contributed by atoms with E-state index in [1.165, 1.54) is 23.1 Å². The van der Waals surface area contributed by atoms with Crippen LogP contribution in [0.5, 0.6) is 0 Å². The molecular weight excluding hydrogens is 311 g/mol. The number of hydrogen-bond donors (Lipinski definition) is 2. The summed E-state index contributed by atoms with van der Waals surface area (Å²) in [5.41, 5.74) is 0.124. The molecule has 0 bridgehead atoms. The molecule has 0 radical (unpaired) electrons. The van der Waals surface area contributed by atoms with Crippen LogP contribution in [0.25, 0.3) is 0 Å². The van der Waals surface area contributed by atoms with Crippen LogP contribution in [0.2, 0.25) is 5.02 Å². The Bertz CT molecular complexity index is 604. The van der Waals surface area contributed by atoms with Gasteiger partial charge in [0, 0.05) is 5.02 Å². The summed E-state index contributed by atoms with van der Waals surface area (Å²) in [6.45, 7) is 3.93. The normalized spacial score (nSPS) is 12.1. The van der Waals surface area contributed by atoms with Crippen molar-refractivity contribution in [1.82, 2.24) is 0 Å². The zero-order valence-electron chi connectivity index (χ0n) is 11.7. The average molecular weight is 328 g/mol. The molecule has 2 rings (SSSR count). The highest BCUT2D eigenvalue weighted by Crippen LogP contribution is 2.19. The number of quaternary nitrogens is 1. The van der Waals surface area contributed by atoms with Crippen LogP contribution in [0.15, 0.2) is 35.7 Å². The number of likely N-dealkylation sites (N-methyl/N-ethyl adjacent to an activating group) is 1. The minimum absolute atomic E-state index is 0.124. The van der Waals surface area contributed by atoms with Crippen molar-refractivity contribution in [2.24, 2.45) is 0 Å². The molecule has 0 aliphatic carbocycles. The van der Waals surface area contributed by atoms with E-state index in [9.17, 15) is 9.18 Å². The smallest absolute Gasteiger partial charge is 0.279 e. The van der Waals surface area contributed by atoms with Gasteiger partial charge in [0.2, 0.25) is 0 Å². The molecule has 112 valence electrons. The molecule has 2 aromatic rings. The first kappa shape index (κ1) is 15.9. The highest BCUT2D eigenvalue weighted by molar-refractivity contribution is 7.09. The van der Waals surface area contributed by atoms with E-state index in [1.54, 1.807) is 11.3 Å².